The lowest BCUT2D eigenvalue weighted by molar-refractivity contribution is -0.125. The molecule has 7 heteroatoms. The first-order chi connectivity index (χ1) is 15.7. The highest BCUT2D eigenvalue weighted by atomic mass is 19.1. The molecule has 1 saturated carbocycles. The molecule has 0 radical (unpaired) electrons. The van der Waals surface area contributed by atoms with E-state index in [0.717, 1.165) is 55.8 Å². The van der Waals surface area contributed by atoms with Gasteiger partial charge in [-0.1, -0.05) is 24.6 Å². The number of aromatic nitrogens is 2. The lowest BCUT2D eigenvalue weighted by atomic mass is 9.91. The van der Waals surface area contributed by atoms with Crippen molar-refractivity contribution >= 4 is 17.9 Å². The van der Waals surface area contributed by atoms with Crippen LogP contribution in [-0.2, 0) is 17.6 Å². The van der Waals surface area contributed by atoms with Crippen molar-refractivity contribution in [3.63, 3.8) is 0 Å². The number of rotatable bonds is 4. The summed E-state index contributed by atoms with van der Waals surface area (Å²) in [5.74, 6) is 0.397. The third kappa shape index (κ3) is 4.53. The summed E-state index contributed by atoms with van der Waals surface area (Å²) in [5.41, 5.74) is 2.59. The van der Waals surface area contributed by atoms with Crippen LogP contribution in [-0.4, -0.2) is 71.0 Å². The van der Waals surface area contributed by atoms with E-state index in [2.05, 4.69) is 14.8 Å². The number of halogens is 1. The summed E-state index contributed by atoms with van der Waals surface area (Å²) < 4.78 is 13.8. The van der Waals surface area contributed by atoms with E-state index >= 15 is 0 Å². The van der Waals surface area contributed by atoms with Gasteiger partial charge in [0.25, 0.3) is 0 Å². The largest absolute Gasteiger partial charge is 0.338 e. The molecule has 6 nitrogen and oxygen atoms in total. The van der Waals surface area contributed by atoms with E-state index in [1.807, 2.05) is 11.1 Å². The molecule has 1 saturated heterocycles. The molecule has 1 amide bonds. The third-order valence-electron chi connectivity index (χ3n) is 7.02. The van der Waals surface area contributed by atoms with Crippen LogP contribution in [0.5, 0.6) is 0 Å². The Balaban J connectivity index is 1.20. The monoisotopic (exact) mass is 435 g/mol. The Morgan fingerprint density at radius 2 is 1.81 bits per heavy atom. The Kier molecular flexibility index (Phi) is 6.17. The molecule has 5 rings (SSSR count). The normalized spacial score (nSPS) is 20.2. The van der Waals surface area contributed by atoms with Gasteiger partial charge in [-0.2, -0.15) is 0 Å². The molecule has 2 fully saturated rings. The SMILES string of the molecule is O=C(/C=C/c1ccccc1F)N1CCc2cnc(N3CCN(C4CCC4)CC3)nc2CC1. The van der Waals surface area contributed by atoms with Gasteiger partial charge in [0, 0.05) is 69.6 Å². The molecule has 3 aliphatic rings. The summed E-state index contributed by atoms with van der Waals surface area (Å²) in [6.45, 7) is 5.35. The minimum absolute atomic E-state index is 0.0960. The van der Waals surface area contributed by atoms with Crippen LogP contribution in [0.1, 0.15) is 36.1 Å². The number of amides is 1. The number of anilines is 1. The molecule has 2 aliphatic heterocycles. The molecular weight excluding hydrogens is 405 g/mol. The standard InChI is InChI=1S/C25H30FN5O/c26-22-7-2-1-4-19(22)8-9-24(32)30-12-10-20-18-27-25(28-23(20)11-13-30)31-16-14-29(15-17-31)21-5-3-6-21/h1-2,4,7-9,18,21H,3,5-6,10-17H2/b9-8+. The summed E-state index contributed by atoms with van der Waals surface area (Å²) in [4.78, 5) is 28.9. The molecule has 32 heavy (non-hydrogen) atoms. The number of fused-ring (bicyclic) bond motifs is 1. The zero-order valence-corrected chi connectivity index (χ0v) is 18.4. The van der Waals surface area contributed by atoms with Gasteiger partial charge in [0.2, 0.25) is 11.9 Å². The van der Waals surface area contributed by atoms with Crippen LogP contribution in [0.4, 0.5) is 10.3 Å². The Labute approximate surface area is 188 Å². The molecule has 2 aromatic rings. The minimum atomic E-state index is -0.323. The second kappa shape index (κ2) is 9.36. The predicted octanol–water partition coefficient (Wildman–Crippen LogP) is 2.93. The Morgan fingerprint density at radius 3 is 2.56 bits per heavy atom. The maximum absolute atomic E-state index is 13.8. The van der Waals surface area contributed by atoms with Crippen molar-refractivity contribution in [2.24, 2.45) is 0 Å². The highest BCUT2D eigenvalue weighted by Crippen LogP contribution is 2.26. The highest BCUT2D eigenvalue weighted by molar-refractivity contribution is 5.91. The van der Waals surface area contributed by atoms with E-state index in [4.69, 9.17) is 4.98 Å². The van der Waals surface area contributed by atoms with Crippen LogP contribution in [0.15, 0.2) is 36.5 Å². The molecule has 0 atom stereocenters. The fourth-order valence-corrected chi connectivity index (χ4v) is 4.75. The summed E-state index contributed by atoms with van der Waals surface area (Å²) in [6.07, 6.45) is 10.5. The molecule has 1 aromatic heterocycles. The van der Waals surface area contributed by atoms with Crippen molar-refractivity contribution in [3.05, 3.63) is 59.2 Å². The maximum Gasteiger partial charge on any atom is 0.246 e. The van der Waals surface area contributed by atoms with Crippen LogP contribution < -0.4 is 4.90 Å². The number of carbonyl (C=O) groups excluding carboxylic acids is 1. The van der Waals surface area contributed by atoms with Crippen LogP contribution in [0.3, 0.4) is 0 Å². The fraction of sp³-hybridized carbons (Fsp3) is 0.480. The van der Waals surface area contributed by atoms with Gasteiger partial charge < -0.3 is 9.80 Å². The Bertz CT molecular complexity index is 998. The summed E-state index contributed by atoms with van der Waals surface area (Å²) in [7, 11) is 0. The summed E-state index contributed by atoms with van der Waals surface area (Å²) >= 11 is 0. The summed E-state index contributed by atoms with van der Waals surface area (Å²) in [5, 5.41) is 0. The molecular formula is C25H30FN5O. The number of nitrogens with zero attached hydrogens (tertiary/aromatic N) is 5. The van der Waals surface area contributed by atoms with Gasteiger partial charge >= 0.3 is 0 Å². The molecule has 3 heterocycles. The van der Waals surface area contributed by atoms with Crippen LogP contribution in [0.2, 0.25) is 0 Å². The predicted molar refractivity (Wildman–Crippen MR) is 123 cm³/mol. The van der Waals surface area contributed by atoms with Crippen molar-refractivity contribution in [1.82, 2.24) is 19.8 Å². The van der Waals surface area contributed by atoms with Gasteiger partial charge in [-0.3, -0.25) is 9.69 Å². The van der Waals surface area contributed by atoms with E-state index in [9.17, 15) is 9.18 Å². The smallest absolute Gasteiger partial charge is 0.246 e. The van der Waals surface area contributed by atoms with E-state index in [1.54, 1.807) is 24.3 Å². The van der Waals surface area contributed by atoms with Gasteiger partial charge in [-0.15, -0.1) is 0 Å². The number of benzene rings is 1. The first-order valence-corrected chi connectivity index (χ1v) is 11.7. The number of piperazine rings is 1. The topological polar surface area (TPSA) is 52.6 Å². The molecule has 0 bridgehead atoms. The van der Waals surface area contributed by atoms with Gasteiger partial charge in [-0.25, -0.2) is 14.4 Å². The average molecular weight is 436 g/mol. The van der Waals surface area contributed by atoms with Crippen molar-refractivity contribution in [2.45, 2.75) is 38.1 Å². The average Bonchev–Trinajstić information content (AvgIpc) is 3.00. The highest BCUT2D eigenvalue weighted by Gasteiger charge is 2.29. The third-order valence-corrected chi connectivity index (χ3v) is 7.02. The number of carbonyl (C=O) groups is 1. The number of hydrogen-bond donors (Lipinski definition) is 0. The van der Waals surface area contributed by atoms with E-state index in [0.29, 0.717) is 25.1 Å². The van der Waals surface area contributed by atoms with Gasteiger partial charge in [0.15, 0.2) is 0 Å². The first kappa shape index (κ1) is 21.1. The van der Waals surface area contributed by atoms with Crippen LogP contribution in [0, 0.1) is 5.82 Å². The van der Waals surface area contributed by atoms with Crippen LogP contribution >= 0.6 is 0 Å². The zero-order valence-electron chi connectivity index (χ0n) is 18.4. The van der Waals surface area contributed by atoms with E-state index in [1.165, 1.54) is 31.4 Å². The fourth-order valence-electron chi connectivity index (χ4n) is 4.75. The first-order valence-electron chi connectivity index (χ1n) is 11.7. The van der Waals surface area contributed by atoms with Gasteiger partial charge in [0.05, 0.1) is 5.69 Å². The molecule has 1 aromatic carbocycles. The molecule has 1 aliphatic carbocycles. The second-order valence-corrected chi connectivity index (χ2v) is 8.93. The summed E-state index contributed by atoms with van der Waals surface area (Å²) in [6, 6.07) is 7.26. The lowest BCUT2D eigenvalue weighted by Gasteiger charge is -2.43. The molecule has 0 spiro atoms. The Hall–Kier alpha value is -2.80. The number of hydrogen-bond acceptors (Lipinski definition) is 5. The van der Waals surface area contributed by atoms with Crippen molar-refractivity contribution in [2.75, 3.05) is 44.2 Å². The van der Waals surface area contributed by atoms with Crippen LogP contribution in [0.25, 0.3) is 6.08 Å². The van der Waals surface area contributed by atoms with E-state index < -0.39 is 0 Å². The lowest BCUT2D eigenvalue weighted by Crippen LogP contribution is -2.52. The van der Waals surface area contributed by atoms with Gasteiger partial charge in [-0.05, 0) is 37.0 Å². The van der Waals surface area contributed by atoms with Crippen molar-refractivity contribution < 1.29 is 9.18 Å². The maximum atomic E-state index is 13.8. The zero-order chi connectivity index (χ0) is 21.9. The minimum Gasteiger partial charge on any atom is -0.338 e. The van der Waals surface area contributed by atoms with Gasteiger partial charge in [0.1, 0.15) is 5.82 Å². The van der Waals surface area contributed by atoms with Crippen molar-refractivity contribution in [1.29, 1.82) is 0 Å². The quantitative estimate of drug-likeness (QED) is 0.692. The molecule has 0 unspecified atom stereocenters. The Morgan fingerprint density at radius 1 is 1.03 bits per heavy atom. The second-order valence-electron chi connectivity index (χ2n) is 8.93. The van der Waals surface area contributed by atoms with E-state index in [-0.39, 0.29) is 11.7 Å². The molecule has 168 valence electrons. The van der Waals surface area contributed by atoms with Crippen molar-refractivity contribution in [3.8, 4) is 0 Å². The molecule has 0 N–H and O–H groups in total.